The van der Waals surface area contributed by atoms with E-state index in [0.717, 1.165) is 23.9 Å². The van der Waals surface area contributed by atoms with Gasteiger partial charge in [0.05, 0.1) is 0 Å². The predicted molar refractivity (Wildman–Crippen MR) is 60.4 cm³/mol. The molecule has 0 spiro atoms. The topological polar surface area (TPSA) is 15.3 Å². The number of hydrogen-bond donors (Lipinski definition) is 1. The molecule has 2 heteroatoms. The molecule has 0 aromatic rings. The molecule has 2 rings (SSSR count). The summed E-state index contributed by atoms with van der Waals surface area (Å²) in [5.41, 5.74) is 0. The van der Waals surface area contributed by atoms with Crippen LogP contribution in [0.5, 0.6) is 0 Å². The van der Waals surface area contributed by atoms with E-state index in [0.29, 0.717) is 0 Å². The highest BCUT2D eigenvalue weighted by atomic mass is 15.2. The van der Waals surface area contributed by atoms with E-state index in [1.165, 1.54) is 32.4 Å². The number of nitrogens with zero attached hydrogens (tertiary/aromatic N) is 1. The Balaban J connectivity index is 1.89. The SMILES string of the molecule is CNCC1CCC1N1CC(C)CC1C. The third-order valence-electron chi connectivity index (χ3n) is 4.10. The van der Waals surface area contributed by atoms with Crippen LogP contribution >= 0.6 is 0 Å². The molecule has 14 heavy (non-hydrogen) atoms. The van der Waals surface area contributed by atoms with Crippen LogP contribution in [0, 0.1) is 11.8 Å². The first-order valence-electron chi connectivity index (χ1n) is 6.12. The Morgan fingerprint density at radius 1 is 1.29 bits per heavy atom. The van der Waals surface area contributed by atoms with Crippen LogP contribution in [0.25, 0.3) is 0 Å². The minimum atomic E-state index is 0.828. The van der Waals surface area contributed by atoms with Crippen LogP contribution in [0.15, 0.2) is 0 Å². The molecule has 4 unspecified atom stereocenters. The van der Waals surface area contributed by atoms with Crippen molar-refractivity contribution in [2.45, 2.75) is 45.2 Å². The first-order chi connectivity index (χ1) is 6.72. The van der Waals surface area contributed by atoms with Crippen LogP contribution in [0.4, 0.5) is 0 Å². The normalized spacial score (nSPS) is 43.9. The van der Waals surface area contributed by atoms with Crippen molar-refractivity contribution in [1.29, 1.82) is 0 Å². The smallest absolute Gasteiger partial charge is 0.0139 e. The number of hydrogen-bond acceptors (Lipinski definition) is 2. The highest BCUT2D eigenvalue weighted by Crippen LogP contribution is 2.37. The van der Waals surface area contributed by atoms with Crippen LogP contribution in [-0.2, 0) is 0 Å². The summed E-state index contributed by atoms with van der Waals surface area (Å²) in [6.45, 7) is 7.34. The van der Waals surface area contributed by atoms with Gasteiger partial charge in [0.1, 0.15) is 0 Å². The lowest BCUT2D eigenvalue weighted by atomic mass is 9.78. The van der Waals surface area contributed by atoms with Gasteiger partial charge in [-0.05, 0) is 51.6 Å². The minimum Gasteiger partial charge on any atom is -0.319 e. The predicted octanol–water partition coefficient (Wildman–Crippen LogP) is 1.71. The summed E-state index contributed by atoms with van der Waals surface area (Å²) in [7, 11) is 2.07. The second-order valence-electron chi connectivity index (χ2n) is 5.35. The molecule has 4 atom stereocenters. The first kappa shape index (κ1) is 10.4. The van der Waals surface area contributed by atoms with Gasteiger partial charge >= 0.3 is 0 Å². The van der Waals surface area contributed by atoms with Crippen LogP contribution < -0.4 is 5.32 Å². The molecule has 0 amide bonds. The van der Waals surface area contributed by atoms with Crippen molar-refractivity contribution in [1.82, 2.24) is 10.2 Å². The average Bonchev–Trinajstić information content (AvgIpc) is 2.40. The van der Waals surface area contributed by atoms with E-state index in [1.54, 1.807) is 0 Å². The maximum Gasteiger partial charge on any atom is 0.0139 e. The van der Waals surface area contributed by atoms with Crippen molar-refractivity contribution in [2.24, 2.45) is 11.8 Å². The fourth-order valence-corrected chi connectivity index (χ4v) is 3.28. The highest BCUT2D eigenvalue weighted by molar-refractivity contribution is 4.95. The zero-order chi connectivity index (χ0) is 10.1. The zero-order valence-corrected chi connectivity index (χ0v) is 9.79. The maximum atomic E-state index is 3.32. The number of rotatable bonds is 3. The second kappa shape index (κ2) is 4.19. The van der Waals surface area contributed by atoms with Crippen LogP contribution in [-0.4, -0.2) is 37.1 Å². The lowest BCUT2D eigenvalue weighted by Crippen LogP contribution is -2.51. The Hall–Kier alpha value is -0.0800. The lowest BCUT2D eigenvalue weighted by molar-refractivity contribution is 0.0562. The van der Waals surface area contributed by atoms with Gasteiger partial charge in [-0.1, -0.05) is 6.92 Å². The van der Waals surface area contributed by atoms with E-state index in [1.807, 2.05) is 0 Å². The summed E-state index contributed by atoms with van der Waals surface area (Å²) >= 11 is 0. The fraction of sp³-hybridized carbons (Fsp3) is 1.00. The second-order valence-corrected chi connectivity index (χ2v) is 5.35. The third-order valence-corrected chi connectivity index (χ3v) is 4.10. The summed E-state index contributed by atoms with van der Waals surface area (Å²) in [6.07, 6.45) is 4.27. The first-order valence-corrected chi connectivity index (χ1v) is 6.12. The van der Waals surface area contributed by atoms with Gasteiger partial charge in [0, 0.05) is 18.6 Å². The molecule has 0 bridgehead atoms. The largest absolute Gasteiger partial charge is 0.319 e. The van der Waals surface area contributed by atoms with Crippen molar-refractivity contribution in [3.63, 3.8) is 0 Å². The van der Waals surface area contributed by atoms with Gasteiger partial charge in [0.15, 0.2) is 0 Å². The molecule has 0 aromatic heterocycles. The van der Waals surface area contributed by atoms with Gasteiger partial charge in [-0.3, -0.25) is 4.90 Å². The number of nitrogens with one attached hydrogen (secondary N) is 1. The summed E-state index contributed by atoms with van der Waals surface area (Å²) in [4.78, 5) is 2.76. The Labute approximate surface area is 88.1 Å². The third kappa shape index (κ3) is 1.82. The van der Waals surface area contributed by atoms with Crippen LogP contribution in [0.2, 0.25) is 0 Å². The van der Waals surface area contributed by atoms with E-state index in [-0.39, 0.29) is 0 Å². The van der Waals surface area contributed by atoms with Crippen molar-refractivity contribution in [3.8, 4) is 0 Å². The summed E-state index contributed by atoms with van der Waals surface area (Å²) < 4.78 is 0. The Bertz CT molecular complexity index is 193. The van der Waals surface area contributed by atoms with Crippen LogP contribution in [0.3, 0.4) is 0 Å². The molecule has 0 aromatic carbocycles. The van der Waals surface area contributed by atoms with Gasteiger partial charge in [-0.2, -0.15) is 0 Å². The van der Waals surface area contributed by atoms with Gasteiger partial charge in [-0.25, -0.2) is 0 Å². The maximum absolute atomic E-state index is 3.32. The van der Waals surface area contributed by atoms with E-state index in [2.05, 4.69) is 31.1 Å². The molecular weight excluding hydrogens is 172 g/mol. The van der Waals surface area contributed by atoms with Gasteiger partial charge in [0.25, 0.3) is 0 Å². The average molecular weight is 196 g/mol. The lowest BCUT2D eigenvalue weighted by Gasteiger charge is -2.44. The van der Waals surface area contributed by atoms with Gasteiger partial charge < -0.3 is 5.32 Å². The Kier molecular flexibility index (Phi) is 3.13. The van der Waals surface area contributed by atoms with Gasteiger partial charge in [0.2, 0.25) is 0 Å². The van der Waals surface area contributed by atoms with E-state index in [9.17, 15) is 0 Å². The van der Waals surface area contributed by atoms with E-state index >= 15 is 0 Å². The summed E-state index contributed by atoms with van der Waals surface area (Å²) in [5.74, 6) is 1.84. The minimum absolute atomic E-state index is 0.828. The quantitative estimate of drug-likeness (QED) is 0.739. The Morgan fingerprint density at radius 2 is 2.07 bits per heavy atom. The fourth-order valence-electron chi connectivity index (χ4n) is 3.28. The van der Waals surface area contributed by atoms with Crippen molar-refractivity contribution < 1.29 is 0 Å². The molecule has 1 saturated heterocycles. The van der Waals surface area contributed by atoms with Crippen LogP contribution in [0.1, 0.15) is 33.1 Å². The standard InChI is InChI=1S/C12H24N2/c1-9-6-10(2)14(8-9)12-5-4-11(12)7-13-3/h9-13H,4-8H2,1-3H3. The molecule has 0 radical (unpaired) electrons. The van der Waals surface area contributed by atoms with Crippen molar-refractivity contribution >= 4 is 0 Å². The van der Waals surface area contributed by atoms with E-state index in [4.69, 9.17) is 0 Å². The van der Waals surface area contributed by atoms with Crippen molar-refractivity contribution in [2.75, 3.05) is 20.1 Å². The zero-order valence-electron chi connectivity index (χ0n) is 9.79. The molecule has 2 aliphatic rings. The highest BCUT2D eigenvalue weighted by Gasteiger charge is 2.40. The molecule has 1 aliphatic heterocycles. The molecule has 1 N–H and O–H groups in total. The molecule has 2 fully saturated rings. The molecular formula is C12H24N2. The summed E-state index contributed by atoms with van der Waals surface area (Å²) in [6, 6.07) is 1.72. The molecule has 1 saturated carbocycles. The molecule has 2 nitrogen and oxygen atoms in total. The molecule has 1 heterocycles. The summed E-state index contributed by atoms with van der Waals surface area (Å²) in [5, 5.41) is 3.32. The van der Waals surface area contributed by atoms with Crippen molar-refractivity contribution in [3.05, 3.63) is 0 Å². The molecule has 82 valence electrons. The molecule has 1 aliphatic carbocycles. The van der Waals surface area contributed by atoms with Gasteiger partial charge in [-0.15, -0.1) is 0 Å². The van der Waals surface area contributed by atoms with E-state index < -0.39 is 0 Å². The Morgan fingerprint density at radius 3 is 2.50 bits per heavy atom. The number of likely N-dealkylation sites (tertiary alicyclic amines) is 1. The monoisotopic (exact) mass is 196 g/mol.